The fourth-order valence-electron chi connectivity index (χ4n) is 3.99. The summed E-state index contributed by atoms with van der Waals surface area (Å²) >= 11 is 0. The number of aromatic hydroxyl groups is 2. The van der Waals surface area contributed by atoms with Gasteiger partial charge in [-0.25, -0.2) is 0 Å². The minimum absolute atomic E-state index is 0.0199. The van der Waals surface area contributed by atoms with Crippen LogP contribution >= 0.6 is 0 Å². The van der Waals surface area contributed by atoms with Crippen LogP contribution in [0.15, 0.2) is 66.7 Å². The van der Waals surface area contributed by atoms with Crippen LogP contribution in [-0.2, 0) is 24.2 Å². The van der Waals surface area contributed by atoms with Gasteiger partial charge in [-0.15, -0.1) is 0 Å². The van der Waals surface area contributed by atoms with Crippen molar-refractivity contribution in [2.45, 2.75) is 51.8 Å². The third-order valence-corrected chi connectivity index (χ3v) is 5.66. The van der Waals surface area contributed by atoms with Crippen LogP contribution in [0.25, 0.3) is 0 Å². The molecule has 6 heteroatoms. The summed E-state index contributed by atoms with van der Waals surface area (Å²) in [5, 5.41) is 36.1. The van der Waals surface area contributed by atoms with E-state index in [1.54, 1.807) is 0 Å². The number of aliphatic hydroxyl groups is 1. The molecule has 3 rings (SSSR count). The summed E-state index contributed by atoms with van der Waals surface area (Å²) in [6, 6.07) is 20.2. The zero-order chi connectivity index (χ0) is 24.7. The first-order valence-corrected chi connectivity index (χ1v) is 11.5. The highest BCUT2D eigenvalue weighted by atomic mass is 16.3. The number of phenolic OH excluding ortho intramolecular Hbond substituents is 2. The Bertz CT molecular complexity index is 1110. The minimum Gasteiger partial charge on any atom is -0.508 e. The lowest BCUT2D eigenvalue weighted by Crippen LogP contribution is -2.43. The molecule has 6 nitrogen and oxygen atoms in total. The number of carbonyl (C=O) groups excluding carboxylic acids is 1. The van der Waals surface area contributed by atoms with Gasteiger partial charge in [-0.2, -0.15) is 0 Å². The molecule has 3 aromatic carbocycles. The Balaban J connectivity index is 1.53. The van der Waals surface area contributed by atoms with E-state index in [9.17, 15) is 20.1 Å². The number of carbonyl (C=O) groups is 1. The molecule has 0 bridgehead atoms. The van der Waals surface area contributed by atoms with Crippen molar-refractivity contribution in [1.82, 2.24) is 10.6 Å². The number of rotatable bonds is 10. The zero-order valence-electron chi connectivity index (χ0n) is 20.0. The minimum atomic E-state index is -0.874. The maximum atomic E-state index is 12.4. The summed E-state index contributed by atoms with van der Waals surface area (Å²) < 4.78 is 0. The molecule has 0 heterocycles. The molecule has 3 aromatic rings. The van der Waals surface area contributed by atoms with Crippen molar-refractivity contribution in [2.24, 2.45) is 0 Å². The number of nitrogens with one attached hydrogen (secondary N) is 2. The molecule has 1 amide bonds. The second-order valence-electron chi connectivity index (χ2n) is 9.50. The van der Waals surface area contributed by atoms with Crippen molar-refractivity contribution in [3.8, 4) is 11.5 Å². The van der Waals surface area contributed by atoms with Gasteiger partial charge in [-0.3, -0.25) is 4.79 Å². The first-order valence-electron chi connectivity index (χ1n) is 11.5. The highest BCUT2D eigenvalue weighted by Gasteiger charge is 2.20. The van der Waals surface area contributed by atoms with Crippen molar-refractivity contribution in [3.63, 3.8) is 0 Å². The van der Waals surface area contributed by atoms with E-state index < -0.39 is 6.10 Å². The van der Waals surface area contributed by atoms with Crippen LogP contribution in [0.5, 0.6) is 11.5 Å². The normalized spacial score (nSPS) is 12.4. The third kappa shape index (κ3) is 7.90. The van der Waals surface area contributed by atoms with E-state index in [0.29, 0.717) is 24.9 Å². The SMILES string of the molecule is Cc1cccc(CNC(=O)Cc2cccc(CC(C)(C)NC[C@H](O)c3cc(O)cc(O)c3)c2)c1. The molecule has 0 aliphatic rings. The van der Waals surface area contributed by atoms with Gasteiger partial charge in [-0.05, 0) is 61.6 Å². The van der Waals surface area contributed by atoms with Crippen molar-refractivity contribution >= 4 is 5.91 Å². The van der Waals surface area contributed by atoms with Gasteiger partial charge in [0.25, 0.3) is 0 Å². The second-order valence-corrected chi connectivity index (χ2v) is 9.50. The summed E-state index contributed by atoms with van der Waals surface area (Å²) in [4.78, 5) is 12.4. The van der Waals surface area contributed by atoms with Crippen LogP contribution in [0.2, 0.25) is 0 Å². The van der Waals surface area contributed by atoms with Crippen molar-refractivity contribution < 1.29 is 20.1 Å². The fraction of sp³-hybridized carbons (Fsp3) is 0.321. The highest BCUT2D eigenvalue weighted by molar-refractivity contribution is 5.78. The summed E-state index contributed by atoms with van der Waals surface area (Å²) in [7, 11) is 0. The lowest BCUT2D eigenvalue weighted by Gasteiger charge is -2.28. The lowest BCUT2D eigenvalue weighted by molar-refractivity contribution is -0.120. The molecule has 0 fully saturated rings. The number of hydrogen-bond donors (Lipinski definition) is 5. The predicted molar refractivity (Wildman–Crippen MR) is 134 cm³/mol. The Labute approximate surface area is 201 Å². The molecule has 0 aliphatic carbocycles. The van der Waals surface area contributed by atoms with Gasteiger partial charge in [0.1, 0.15) is 11.5 Å². The molecular formula is C28H34N2O4. The largest absolute Gasteiger partial charge is 0.508 e. The summed E-state index contributed by atoms with van der Waals surface area (Å²) in [5.74, 6) is -0.199. The van der Waals surface area contributed by atoms with Gasteiger partial charge in [0.15, 0.2) is 0 Å². The number of aryl methyl sites for hydroxylation is 1. The zero-order valence-corrected chi connectivity index (χ0v) is 20.0. The van der Waals surface area contributed by atoms with Gasteiger partial charge in [-0.1, -0.05) is 54.1 Å². The quantitative estimate of drug-likeness (QED) is 0.314. The standard InChI is InChI=1S/C28H34N2O4/c1-19-6-4-9-22(10-19)17-29-27(34)12-20-7-5-8-21(11-20)16-28(2,3)30-18-26(33)23-13-24(31)15-25(32)14-23/h4-11,13-15,26,30-33H,12,16-18H2,1-3H3,(H,29,34)/t26-/m0/s1. The molecule has 0 saturated carbocycles. The lowest BCUT2D eigenvalue weighted by atomic mass is 9.93. The molecule has 34 heavy (non-hydrogen) atoms. The Hall–Kier alpha value is -3.35. The van der Waals surface area contributed by atoms with Crippen molar-refractivity contribution in [2.75, 3.05) is 6.54 Å². The summed E-state index contributed by atoms with van der Waals surface area (Å²) in [6.45, 7) is 6.89. The number of aliphatic hydroxyl groups excluding tert-OH is 1. The van der Waals surface area contributed by atoms with Crippen LogP contribution in [0.3, 0.4) is 0 Å². The van der Waals surface area contributed by atoms with Crippen molar-refractivity contribution in [1.29, 1.82) is 0 Å². The molecule has 0 unspecified atom stereocenters. The number of amides is 1. The van der Waals surface area contributed by atoms with Gasteiger partial charge >= 0.3 is 0 Å². The molecule has 0 aromatic heterocycles. The van der Waals surface area contributed by atoms with Crippen LogP contribution in [0.4, 0.5) is 0 Å². The molecule has 0 aliphatic heterocycles. The maximum Gasteiger partial charge on any atom is 0.224 e. The summed E-state index contributed by atoms with van der Waals surface area (Å²) in [6.07, 6.45) is 0.137. The van der Waals surface area contributed by atoms with Crippen LogP contribution < -0.4 is 10.6 Å². The van der Waals surface area contributed by atoms with Crippen LogP contribution in [0.1, 0.15) is 47.8 Å². The average Bonchev–Trinajstić information content (AvgIpc) is 2.75. The maximum absolute atomic E-state index is 12.4. The van der Waals surface area contributed by atoms with E-state index in [2.05, 4.69) is 16.7 Å². The Morgan fingerprint density at radius 3 is 2.26 bits per heavy atom. The Morgan fingerprint density at radius 2 is 1.56 bits per heavy atom. The Kier molecular flexibility index (Phi) is 8.31. The number of β-amino-alcohol motifs (C(OH)–C–C–N with tert-alkyl or cyclic N) is 1. The van der Waals surface area contributed by atoms with E-state index >= 15 is 0 Å². The van der Waals surface area contributed by atoms with Gasteiger partial charge in [0.2, 0.25) is 5.91 Å². The van der Waals surface area contributed by atoms with Crippen LogP contribution in [-0.4, -0.2) is 33.3 Å². The topological polar surface area (TPSA) is 102 Å². The van der Waals surface area contributed by atoms with E-state index in [1.165, 1.54) is 23.8 Å². The molecule has 180 valence electrons. The van der Waals surface area contributed by atoms with Crippen molar-refractivity contribution in [3.05, 3.63) is 94.5 Å². The summed E-state index contributed by atoms with van der Waals surface area (Å²) in [5.41, 5.74) is 4.41. The van der Waals surface area contributed by atoms with E-state index in [1.807, 2.05) is 63.2 Å². The Morgan fingerprint density at radius 1 is 0.912 bits per heavy atom. The van der Waals surface area contributed by atoms with E-state index in [4.69, 9.17) is 0 Å². The molecular weight excluding hydrogens is 428 g/mol. The first-order chi connectivity index (χ1) is 16.1. The highest BCUT2D eigenvalue weighted by Crippen LogP contribution is 2.25. The number of phenols is 2. The molecule has 0 saturated heterocycles. The van der Waals surface area contributed by atoms with Gasteiger partial charge < -0.3 is 26.0 Å². The average molecular weight is 463 g/mol. The number of hydrogen-bond acceptors (Lipinski definition) is 5. The monoisotopic (exact) mass is 462 g/mol. The van der Waals surface area contributed by atoms with E-state index in [0.717, 1.165) is 16.7 Å². The van der Waals surface area contributed by atoms with Gasteiger partial charge in [0, 0.05) is 24.7 Å². The molecule has 5 N–H and O–H groups in total. The van der Waals surface area contributed by atoms with Gasteiger partial charge in [0.05, 0.1) is 12.5 Å². The predicted octanol–water partition coefficient (Wildman–Crippen LogP) is 3.91. The van der Waals surface area contributed by atoms with Crippen LogP contribution in [0, 0.1) is 6.92 Å². The first kappa shape index (κ1) is 25.3. The smallest absolute Gasteiger partial charge is 0.224 e. The molecule has 1 atom stereocenters. The number of benzene rings is 3. The third-order valence-electron chi connectivity index (χ3n) is 5.66. The second kappa shape index (κ2) is 11.2. The fourth-order valence-corrected chi connectivity index (χ4v) is 3.99. The van der Waals surface area contributed by atoms with E-state index in [-0.39, 0.29) is 29.5 Å². The molecule has 0 spiro atoms. The molecule has 0 radical (unpaired) electrons.